The van der Waals surface area contributed by atoms with Crippen LogP contribution in [0.1, 0.15) is 12.6 Å². The molecule has 1 aromatic rings. The number of carbonyl (C=O) groups is 1. The highest BCUT2D eigenvalue weighted by Crippen LogP contribution is 2.17. The van der Waals surface area contributed by atoms with Gasteiger partial charge in [-0.1, -0.05) is 0 Å². The normalized spacial score (nSPS) is 14.4. The van der Waals surface area contributed by atoms with E-state index in [4.69, 9.17) is 0 Å². The molecule has 1 saturated heterocycles. The Hall–Kier alpha value is -0.400. The lowest BCUT2D eigenvalue weighted by molar-refractivity contribution is -0.114. The van der Waals surface area contributed by atoms with Gasteiger partial charge >= 0.3 is 0 Å². The predicted molar refractivity (Wildman–Crippen MR) is 79.0 cm³/mol. The van der Waals surface area contributed by atoms with Gasteiger partial charge in [0.2, 0.25) is 5.91 Å². The first kappa shape index (κ1) is 17.6. The summed E-state index contributed by atoms with van der Waals surface area (Å²) < 4.78 is 0. The largest absolute Gasteiger partial charge is 0.314 e. The van der Waals surface area contributed by atoms with E-state index < -0.39 is 0 Å². The molecule has 0 bridgehead atoms. The molecule has 0 saturated carbocycles. The molecular weight excluding hydrogens is 295 g/mol. The van der Waals surface area contributed by atoms with Crippen LogP contribution in [0.3, 0.4) is 0 Å². The van der Waals surface area contributed by atoms with E-state index >= 15 is 0 Å². The number of amides is 1. The van der Waals surface area contributed by atoms with Gasteiger partial charge < -0.3 is 10.6 Å². The van der Waals surface area contributed by atoms with Crippen molar-refractivity contribution in [2.24, 2.45) is 0 Å². The van der Waals surface area contributed by atoms with Gasteiger partial charge in [0.1, 0.15) is 0 Å². The molecule has 1 amide bonds. The van der Waals surface area contributed by atoms with Crippen LogP contribution in [0, 0.1) is 0 Å². The minimum absolute atomic E-state index is 0. The first-order valence-corrected chi connectivity index (χ1v) is 6.16. The smallest absolute Gasteiger partial charge is 0.223 e. The van der Waals surface area contributed by atoms with Crippen LogP contribution in [0.5, 0.6) is 0 Å². The molecular formula is C10H18Cl2N4OS. The third kappa shape index (κ3) is 4.70. The Labute approximate surface area is 123 Å². The van der Waals surface area contributed by atoms with Gasteiger partial charge in [0, 0.05) is 38.0 Å². The van der Waals surface area contributed by atoms with Crippen LogP contribution in [-0.4, -0.2) is 42.0 Å². The summed E-state index contributed by atoms with van der Waals surface area (Å²) in [6.07, 6.45) is 0. The van der Waals surface area contributed by atoms with E-state index in [0.29, 0.717) is 11.2 Å². The zero-order valence-corrected chi connectivity index (χ0v) is 12.8. The summed E-state index contributed by atoms with van der Waals surface area (Å²) in [7, 11) is 2.10. The van der Waals surface area contributed by atoms with Crippen LogP contribution in [-0.2, 0) is 11.3 Å². The summed E-state index contributed by atoms with van der Waals surface area (Å²) >= 11 is 1.47. The maximum atomic E-state index is 10.8. The van der Waals surface area contributed by atoms with Crippen molar-refractivity contribution in [2.75, 3.05) is 25.5 Å². The minimum Gasteiger partial charge on any atom is -0.314 e. The minimum atomic E-state index is -0.0718. The first-order chi connectivity index (χ1) is 7.65. The van der Waals surface area contributed by atoms with Gasteiger partial charge in [-0.2, -0.15) is 0 Å². The van der Waals surface area contributed by atoms with E-state index in [2.05, 4.69) is 27.6 Å². The van der Waals surface area contributed by atoms with Gasteiger partial charge in [0.25, 0.3) is 0 Å². The van der Waals surface area contributed by atoms with Crippen molar-refractivity contribution in [3.05, 3.63) is 11.1 Å². The van der Waals surface area contributed by atoms with Gasteiger partial charge in [-0.15, -0.1) is 36.2 Å². The molecule has 0 spiro atoms. The number of halogens is 2. The fourth-order valence-corrected chi connectivity index (χ4v) is 2.30. The second-order valence-electron chi connectivity index (χ2n) is 4.05. The van der Waals surface area contributed by atoms with Crippen molar-refractivity contribution in [1.29, 1.82) is 0 Å². The molecule has 2 N–H and O–H groups in total. The Balaban J connectivity index is 0.00000144. The fourth-order valence-electron chi connectivity index (χ4n) is 1.56. The van der Waals surface area contributed by atoms with Crippen LogP contribution in [0.15, 0.2) is 5.38 Å². The summed E-state index contributed by atoms with van der Waals surface area (Å²) in [4.78, 5) is 17.5. The highest BCUT2D eigenvalue weighted by atomic mass is 35.5. The van der Waals surface area contributed by atoms with Gasteiger partial charge in [0.15, 0.2) is 5.13 Å². The molecule has 0 radical (unpaired) electrons. The number of rotatable bonds is 4. The van der Waals surface area contributed by atoms with Crippen molar-refractivity contribution in [3.8, 4) is 0 Å². The number of likely N-dealkylation sites (N-methyl/N-ethyl adjacent to an activating group) is 1. The summed E-state index contributed by atoms with van der Waals surface area (Å²) in [5.74, 6) is -0.0718. The quantitative estimate of drug-likeness (QED) is 0.881. The number of hydrogen-bond donors (Lipinski definition) is 2. The van der Waals surface area contributed by atoms with Crippen molar-refractivity contribution in [1.82, 2.24) is 15.2 Å². The Kier molecular flexibility index (Phi) is 7.73. The summed E-state index contributed by atoms with van der Waals surface area (Å²) in [6, 6.07) is 0.617. The molecule has 0 aromatic carbocycles. The van der Waals surface area contributed by atoms with Crippen LogP contribution in [0.25, 0.3) is 0 Å². The molecule has 1 aliphatic heterocycles. The third-order valence-electron chi connectivity index (χ3n) is 2.63. The van der Waals surface area contributed by atoms with E-state index in [9.17, 15) is 4.79 Å². The van der Waals surface area contributed by atoms with Gasteiger partial charge in [0.05, 0.1) is 5.69 Å². The van der Waals surface area contributed by atoms with Gasteiger partial charge in [-0.05, 0) is 7.05 Å². The van der Waals surface area contributed by atoms with Crippen molar-refractivity contribution in [2.45, 2.75) is 19.5 Å². The lowest BCUT2D eigenvalue weighted by Crippen LogP contribution is -2.55. The number of hydrogen-bond acceptors (Lipinski definition) is 5. The number of nitrogens with one attached hydrogen (secondary N) is 2. The molecule has 8 heteroatoms. The van der Waals surface area contributed by atoms with E-state index in [1.165, 1.54) is 18.3 Å². The van der Waals surface area contributed by atoms with Crippen LogP contribution >= 0.6 is 36.2 Å². The van der Waals surface area contributed by atoms with Crippen molar-refractivity contribution < 1.29 is 4.79 Å². The highest BCUT2D eigenvalue weighted by molar-refractivity contribution is 7.13. The topological polar surface area (TPSA) is 57.3 Å². The monoisotopic (exact) mass is 312 g/mol. The summed E-state index contributed by atoms with van der Waals surface area (Å²) in [5, 5.41) is 8.61. The second kappa shape index (κ2) is 7.91. The molecule has 2 rings (SSSR count). The lowest BCUT2D eigenvalue weighted by Gasteiger charge is -2.35. The van der Waals surface area contributed by atoms with Crippen LogP contribution < -0.4 is 10.6 Å². The Morgan fingerprint density at radius 2 is 2.28 bits per heavy atom. The molecule has 1 aromatic heterocycles. The molecule has 5 nitrogen and oxygen atoms in total. The SMILES string of the molecule is CC(=O)Nc1nc(CN(C)C2CNC2)cs1.Cl.Cl. The maximum Gasteiger partial charge on any atom is 0.223 e. The lowest BCUT2D eigenvalue weighted by atomic mass is 10.1. The Morgan fingerprint density at radius 3 is 2.78 bits per heavy atom. The number of thiazole rings is 1. The number of anilines is 1. The molecule has 0 atom stereocenters. The predicted octanol–water partition coefficient (Wildman–Crippen LogP) is 1.35. The number of aromatic nitrogens is 1. The zero-order valence-electron chi connectivity index (χ0n) is 10.3. The maximum absolute atomic E-state index is 10.8. The zero-order chi connectivity index (χ0) is 11.5. The standard InChI is InChI=1S/C10H16N4OS.2ClH/c1-7(15)12-10-13-8(6-16-10)5-14(2)9-3-11-4-9;;/h6,9,11H,3-5H2,1-2H3,(H,12,13,15);2*1H. The summed E-state index contributed by atoms with van der Waals surface area (Å²) in [5.41, 5.74) is 1.02. The van der Waals surface area contributed by atoms with E-state index in [1.807, 2.05) is 5.38 Å². The Bertz CT molecular complexity index is 384. The van der Waals surface area contributed by atoms with Gasteiger partial charge in [-0.25, -0.2) is 4.98 Å². The van der Waals surface area contributed by atoms with E-state index in [1.54, 1.807) is 0 Å². The van der Waals surface area contributed by atoms with Crippen LogP contribution in [0.2, 0.25) is 0 Å². The van der Waals surface area contributed by atoms with Gasteiger partial charge in [-0.3, -0.25) is 9.69 Å². The van der Waals surface area contributed by atoms with Crippen molar-refractivity contribution >= 4 is 47.2 Å². The molecule has 0 unspecified atom stereocenters. The average Bonchev–Trinajstić information content (AvgIpc) is 2.47. The number of nitrogens with zero attached hydrogens (tertiary/aromatic N) is 2. The first-order valence-electron chi connectivity index (χ1n) is 5.28. The molecule has 1 fully saturated rings. The molecule has 1 aliphatic rings. The van der Waals surface area contributed by atoms with Crippen molar-refractivity contribution in [3.63, 3.8) is 0 Å². The Morgan fingerprint density at radius 1 is 1.61 bits per heavy atom. The second-order valence-corrected chi connectivity index (χ2v) is 4.91. The third-order valence-corrected chi connectivity index (χ3v) is 3.44. The fraction of sp³-hybridized carbons (Fsp3) is 0.600. The van der Waals surface area contributed by atoms with E-state index in [-0.39, 0.29) is 30.7 Å². The highest BCUT2D eigenvalue weighted by Gasteiger charge is 2.21. The molecule has 2 heterocycles. The molecule has 18 heavy (non-hydrogen) atoms. The number of carbonyl (C=O) groups excluding carboxylic acids is 1. The summed E-state index contributed by atoms with van der Waals surface area (Å²) in [6.45, 7) is 4.44. The van der Waals surface area contributed by atoms with E-state index in [0.717, 1.165) is 25.3 Å². The van der Waals surface area contributed by atoms with Crippen LogP contribution in [0.4, 0.5) is 5.13 Å². The molecule has 104 valence electrons. The molecule has 0 aliphatic carbocycles. The average molecular weight is 313 g/mol.